The number of nitrogens with zero attached hydrogens (tertiary/aromatic N) is 3. The van der Waals surface area contributed by atoms with Gasteiger partial charge in [0, 0.05) is 42.7 Å². The van der Waals surface area contributed by atoms with Gasteiger partial charge in [-0.15, -0.1) is 0 Å². The van der Waals surface area contributed by atoms with Gasteiger partial charge in [-0.25, -0.2) is 9.97 Å². The normalized spacial score (nSPS) is 15.4. The molecule has 1 aromatic heterocycles. The molecule has 2 heterocycles. The summed E-state index contributed by atoms with van der Waals surface area (Å²) in [6.07, 6.45) is 1.96. The lowest BCUT2D eigenvalue weighted by molar-refractivity contribution is 0.588. The lowest BCUT2D eigenvalue weighted by Crippen LogP contribution is -2.43. The monoisotopic (exact) mass is 316 g/mol. The Kier molecular flexibility index (Phi) is 4.60. The standard InChI is InChI=1S/C17H21ClN4/c1-12(2)17-20-11-15(22-8-6-19-7-9-22)16(21-17)13-4-3-5-14(18)10-13/h3-5,10-12,19H,6-9H2,1-2H3. The highest BCUT2D eigenvalue weighted by molar-refractivity contribution is 6.30. The van der Waals surface area contributed by atoms with Crippen molar-refractivity contribution in [3.8, 4) is 11.3 Å². The summed E-state index contributed by atoms with van der Waals surface area (Å²) in [5.74, 6) is 1.17. The van der Waals surface area contributed by atoms with Crippen molar-refractivity contribution in [1.82, 2.24) is 15.3 Å². The van der Waals surface area contributed by atoms with Crippen molar-refractivity contribution in [2.75, 3.05) is 31.1 Å². The van der Waals surface area contributed by atoms with E-state index in [2.05, 4.69) is 35.1 Å². The highest BCUT2D eigenvalue weighted by atomic mass is 35.5. The molecule has 0 bridgehead atoms. The fraction of sp³-hybridized carbons (Fsp3) is 0.412. The van der Waals surface area contributed by atoms with E-state index in [1.165, 1.54) is 0 Å². The van der Waals surface area contributed by atoms with Crippen molar-refractivity contribution in [3.05, 3.63) is 41.3 Å². The first kappa shape index (κ1) is 15.3. The number of nitrogens with one attached hydrogen (secondary N) is 1. The van der Waals surface area contributed by atoms with Crippen LogP contribution in [0.3, 0.4) is 0 Å². The molecule has 0 aliphatic carbocycles. The van der Waals surface area contributed by atoms with E-state index in [9.17, 15) is 0 Å². The minimum Gasteiger partial charge on any atom is -0.366 e. The van der Waals surface area contributed by atoms with Gasteiger partial charge < -0.3 is 10.2 Å². The van der Waals surface area contributed by atoms with E-state index >= 15 is 0 Å². The fourth-order valence-electron chi connectivity index (χ4n) is 2.65. The van der Waals surface area contributed by atoms with Gasteiger partial charge in [-0.3, -0.25) is 0 Å². The molecule has 4 nitrogen and oxygen atoms in total. The summed E-state index contributed by atoms with van der Waals surface area (Å²) >= 11 is 6.17. The van der Waals surface area contributed by atoms with Gasteiger partial charge in [-0.2, -0.15) is 0 Å². The zero-order valence-corrected chi connectivity index (χ0v) is 13.8. The van der Waals surface area contributed by atoms with E-state index < -0.39 is 0 Å². The van der Waals surface area contributed by atoms with Crippen LogP contribution in [0.5, 0.6) is 0 Å². The molecule has 0 amide bonds. The predicted octanol–water partition coefficient (Wildman–Crippen LogP) is 3.33. The van der Waals surface area contributed by atoms with Crippen molar-refractivity contribution >= 4 is 17.3 Å². The van der Waals surface area contributed by atoms with Crippen molar-refractivity contribution in [3.63, 3.8) is 0 Å². The molecule has 1 fully saturated rings. The number of rotatable bonds is 3. The van der Waals surface area contributed by atoms with Crippen LogP contribution in [-0.2, 0) is 0 Å². The predicted molar refractivity (Wildman–Crippen MR) is 91.6 cm³/mol. The zero-order valence-electron chi connectivity index (χ0n) is 13.0. The molecule has 0 unspecified atom stereocenters. The number of piperazine rings is 1. The van der Waals surface area contributed by atoms with Gasteiger partial charge in [0.1, 0.15) is 5.82 Å². The highest BCUT2D eigenvalue weighted by Crippen LogP contribution is 2.31. The van der Waals surface area contributed by atoms with E-state index in [1.807, 2.05) is 24.4 Å². The average Bonchev–Trinajstić information content (AvgIpc) is 2.55. The summed E-state index contributed by atoms with van der Waals surface area (Å²) in [6, 6.07) is 7.89. The molecule has 1 N–H and O–H groups in total. The smallest absolute Gasteiger partial charge is 0.131 e. The van der Waals surface area contributed by atoms with Crippen LogP contribution in [0.1, 0.15) is 25.6 Å². The molecule has 5 heteroatoms. The molecular weight excluding hydrogens is 296 g/mol. The van der Waals surface area contributed by atoms with E-state index in [0.29, 0.717) is 5.92 Å². The van der Waals surface area contributed by atoms with Crippen LogP contribution < -0.4 is 10.2 Å². The number of anilines is 1. The van der Waals surface area contributed by atoms with Gasteiger partial charge in [-0.1, -0.05) is 37.6 Å². The highest BCUT2D eigenvalue weighted by Gasteiger charge is 2.18. The van der Waals surface area contributed by atoms with Gasteiger partial charge >= 0.3 is 0 Å². The number of hydrogen-bond acceptors (Lipinski definition) is 4. The van der Waals surface area contributed by atoms with Gasteiger partial charge in [0.05, 0.1) is 17.6 Å². The van der Waals surface area contributed by atoms with Crippen molar-refractivity contribution in [2.24, 2.45) is 0 Å². The molecule has 116 valence electrons. The Morgan fingerprint density at radius 1 is 1.23 bits per heavy atom. The Bertz CT molecular complexity index is 651. The van der Waals surface area contributed by atoms with Crippen LogP contribution >= 0.6 is 11.6 Å². The molecule has 0 radical (unpaired) electrons. The summed E-state index contributed by atoms with van der Waals surface area (Å²) in [6.45, 7) is 8.14. The van der Waals surface area contributed by atoms with E-state index in [0.717, 1.165) is 54.0 Å². The third-order valence-corrected chi connectivity index (χ3v) is 4.10. The topological polar surface area (TPSA) is 41.1 Å². The SMILES string of the molecule is CC(C)c1ncc(N2CCNCC2)c(-c2cccc(Cl)c2)n1. The second-order valence-electron chi connectivity index (χ2n) is 5.86. The summed E-state index contributed by atoms with van der Waals surface area (Å²) in [5.41, 5.74) is 3.11. The number of benzene rings is 1. The second kappa shape index (κ2) is 6.63. The third-order valence-electron chi connectivity index (χ3n) is 3.86. The summed E-state index contributed by atoms with van der Waals surface area (Å²) in [4.78, 5) is 11.7. The number of halogens is 1. The van der Waals surface area contributed by atoms with Gasteiger partial charge in [0.25, 0.3) is 0 Å². The number of hydrogen-bond donors (Lipinski definition) is 1. The average molecular weight is 317 g/mol. The minimum atomic E-state index is 0.301. The molecule has 22 heavy (non-hydrogen) atoms. The maximum absolute atomic E-state index is 6.17. The van der Waals surface area contributed by atoms with Gasteiger partial charge in [0.2, 0.25) is 0 Å². The Morgan fingerprint density at radius 3 is 2.68 bits per heavy atom. The molecule has 1 aromatic carbocycles. The largest absolute Gasteiger partial charge is 0.366 e. The molecular formula is C17H21ClN4. The molecule has 3 rings (SSSR count). The van der Waals surface area contributed by atoms with Crippen LogP contribution in [0.2, 0.25) is 5.02 Å². The minimum absolute atomic E-state index is 0.301. The first-order valence-electron chi connectivity index (χ1n) is 7.73. The van der Waals surface area contributed by atoms with Crippen LogP contribution in [0.25, 0.3) is 11.3 Å². The lowest BCUT2D eigenvalue weighted by atomic mass is 10.1. The summed E-state index contributed by atoms with van der Waals surface area (Å²) < 4.78 is 0. The summed E-state index contributed by atoms with van der Waals surface area (Å²) in [7, 11) is 0. The summed E-state index contributed by atoms with van der Waals surface area (Å²) in [5, 5.41) is 4.11. The Hall–Kier alpha value is -1.65. The molecule has 1 aliphatic rings. The van der Waals surface area contributed by atoms with E-state index in [-0.39, 0.29) is 0 Å². The molecule has 1 aliphatic heterocycles. The fourth-order valence-corrected chi connectivity index (χ4v) is 2.84. The van der Waals surface area contributed by atoms with E-state index in [1.54, 1.807) is 0 Å². The van der Waals surface area contributed by atoms with Crippen LogP contribution in [0.4, 0.5) is 5.69 Å². The third kappa shape index (κ3) is 3.23. The van der Waals surface area contributed by atoms with Gasteiger partial charge in [-0.05, 0) is 12.1 Å². The lowest BCUT2D eigenvalue weighted by Gasteiger charge is -2.30. The molecule has 0 atom stereocenters. The quantitative estimate of drug-likeness (QED) is 0.943. The molecule has 1 saturated heterocycles. The first-order valence-corrected chi connectivity index (χ1v) is 8.11. The van der Waals surface area contributed by atoms with Crippen LogP contribution in [-0.4, -0.2) is 36.1 Å². The first-order chi connectivity index (χ1) is 10.6. The van der Waals surface area contributed by atoms with Crippen molar-refractivity contribution in [2.45, 2.75) is 19.8 Å². The molecule has 2 aromatic rings. The number of aromatic nitrogens is 2. The van der Waals surface area contributed by atoms with E-state index in [4.69, 9.17) is 16.6 Å². The van der Waals surface area contributed by atoms with Crippen LogP contribution in [0, 0.1) is 0 Å². The Balaban J connectivity index is 2.08. The molecule has 0 saturated carbocycles. The Labute approximate surface area is 136 Å². The maximum Gasteiger partial charge on any atom is 0.131 e. The second-order valence-corrected chi connectivity index (χ2v) is 6.30. The van der Waals surface area contributed by atoms with Crippen molar-refractivity contribution in [1.29, 1.82) is 0 Å². The van der Waals surface area contributed by atoms with Crippen molar-refractivity contribution < 1.29 is 0 Å². The maximum atomic E-state index is 6.17. The zero-order chi connectivity index (χ0) is 15.5. The van der Waals surface area contributed by atoms with Gasteiger partial charge in [0.15, 0.2) is 0 Å². The molecule has 0 spiro atoms. The van der Waals surface area contributed by atoms with Crippen LogP contribution in [0.15, 0.2) is 30.5 Å². The Morgan fingerprint density at radius 2 is 2.00 bits per heavy atom.